The molecule has 1 aromatic rings. The van der Waals surface area contributed by atoms with Gasteiger partial charge in [-0.05, 0) is 36.9 Å². The molecular weight excluding hydrogens is 332 g/mol. The maximum atomic E-state index is 12.2. The summed E-state index contributed by atoms with van der Waals surface area (Å²) in [6.07, 6.45) is 5.36. The molecule has 5 nitrogen and oxygen atoms in total. The summed E-state index contributed by atoms with van der Waals surface area (Å²) in [4.78, 5) is 12.2. The van der Waals surface area contributed by atoms with E-state index < -0.39 is 0 Å². The third kappa shape index (κ3) is 5.71. The number of aromatic nitrogens is 2. The van der Waals surface area contributed by atoms with Gasteiger partial charge in [-0.25, -0.2) is 0 Å². The molecule has 0 saturated heterocycles. The van der Waals surface area contributed by atoms with Crippen LogP contribution in [0, 0.1) is 17.8 Å². The van der Waals surface area contributed by atoms with Gasteiger partial charge in [-0.15, -0.1) is 10.2 Å². The van der Waals surface area contributed by atoms with Crippen LogP contribution >= 0.6 is 23.5 Å². The number of carbonyl (C=O) groups excluding carboxylic acids is 1. The fraction of sp³-hybridized carbons (Fsp3) is 0.812. The van der Waals surface area contributed by atoms with Gasteiger partial charge in [0.2, 0.25) is 5.89 Å². The Bertz CT molecular complexity index is 507. The fourth-order valence-corrected chi connectivity index (χ4v) is 3.98. The van der Waals surface area contributed by atoms with E-state index in [4.69, 9.17) is 9.15 Å². The van der Waals surface area contributed by atoms with Crippen molar-refractivity contribution in [2.75, 3.05) is 12.0 Å². The van der Waals surface area contributed by atoms with Crippen molar-refractivity contribution < 1.29 is 13.9 Å². The zero-order valence-corrected chi connectivity index (χ0v) is 15.9. The summed E-state index contributed by atoms with van der Waals surface area (Å²) >= 11 is 2.87. The van der Waals surface area contributed by atoms with E-state index in [0.29, 0.717) is 34.6 Å². The molecule has 3 atom stereocenters. The number of thioether (sulfide) groups is 2. The molecule has 130 valence electrons. The van der Waals surface area contributed by atoms with Crippen molar-refractivity contribution >= 4 is 29.5 Å². The molecule has 0 amide bonds. The summed E-state index contributed by atoms with van der Waals surface area (Å²) in [5, 5.41) is 8.30. The molecule has 0 radical (unpaired) electrons. The highest BCUT2D eigenvalue weighted by atomic mass is 32.2. The zero-order valence-electron chi connectivity index (χ0n) is 14.3. The molecule has 0 bridgehead atoms. The van der Waals surface area contributed by atoms with E-state index in [2.05, 4.69) is 31.0 Å². The van der Waals surface area contributed by atoms with Gasteiger partial charge in [0, 0.05) is 0 Å². The van der Waals surface area contributed by atoms with Gasteiger partial charge >= 0.3 is 5.97 Å². The van der Waals surface area contributed by atoms with E-state index in [9.17, 15) is 4.79 Å². The monoisotopic (exact) mass is 358 g/mol. The second-order valence-corrected chi connectivity index (χ2v) is 8.33. The standard InChI is InChI=1S/C16H26N2O3S2/c1-10(2)12-6-5-11(3)7-13(12)20-15(19)9-23-16-18-17-14(21-16)8-22-4/h10-13H,5-9H2,1-4H3/t11-,12-,13-/m1/s1. The number of esters is 1. The first-order chi connectivity index (χ1) is 11.0. The van der Waals surface area contributed by atoms with Crippen molar-refractivity contribution in [1.29, 1.82) is 0 Å². The van der Waals surface area contributed by atoms with Crippen LogP contribution in [0.4, 0.5) is 0 Å². The lowest BCUT2D eigenvalue weighted by molar-refractivity contribution is -0.152. The van der Waals surface area contributed by atoms with Crippen LogP contribution in [0.25, 0.3) is 0 Å². The molecule has 7 heteroatoms. The van der Waals surface area contributed by atoms with Gasteiger partial charge in [-0.1, -0.05) is 39.0 Å². The quantitative estimate of drug-likeness (QED) is 0.538. The maximum absolute atomic E-state index is 12.2. The van der Waals surface area contributed by atoms with Crippen molar-refractivity contribution in [3.05, 3.63) is 5.89 Å². The van der Waals surface area contributed by atoms with Crippen LogP contribution < -0.4 is 0 Å². The Labute approximate surface area is 146 Å². The summed E-state index contributed by atoms with van der Waals surface area (Å²) in [7, 11) is 0. The third-order valence-corrected chi connectivity index (χ3v) is 5.60. The molecule has 0 aromatic carbocycles. The molecule has 0 spiro atoms. The minimum atomic E-state index is -0.190. The molecule has 2 rings (SSSR count). The van der Waals surface area contributed by atoms with Gasteiger partial charge in [0.25, 0.3) is 5.22 Å². The van der Waals surface area contributed by atoms with Crippen LogP contribution in [0.15, 0.2) is 9.64 Å². The van der Waals surface area contributed by atoms with Crippen LogP contribution in [0.2, 0.25) is 0 Å². The predicted molar refractivity (Wildman–Crippen MR) is 93.5 cm³/mol. The first-order valence-corrected chi connectivity index (χ1v) is 10.5. The molecule has 0 aliphatic heterocycles. The number of rotatable bonds is 7. The Kier molecular flexibility index (Phi) is 7.27. The molecule has 0 N–H and O–H groups in total. The summed E-state index contributed by atoms with van der Waals surface area (Å²) in [6.45, 7) is 6.65. The number of ether oxygens (including phenoxy) is 1. The SMILES string of the molecule is CSCc1nnc(SCC(=O)O[C@@H]2C[C@H](C)CC[C@@H]2C(C)C)o1. The number of hydrogen-bond acceptors (Lipinski definition) is 7. The van der Waals surface area contributed by atoms with Gasteiger partial charge in [0.1, 0.15) is 11.9 Å². The normalized spacial score (nSPS) is 24.8. The van der Waals surface area contributed by atoms with Gasteiger partial charge < -0.3 is 9.15 Å². The summed E-state index contributed by atoms with van der Waals surface area (Å²) in [6, 6.07) is 0. The first-order valence-electron chi connectivity index (χ1n) is 8.13. The highest BCUT2D eigenvalue weighted by Crippen LogP contribution is 2.35. The second-order valence-electron chi connectivity index (χ2n) is 6.54. The van der Waals surface area contributed by atoms with Crippen LogP contribution in [0.5, 0.6) is 0 Å². The van der Waals surface area contributed by atoms with E-state index in [-0.39, 0.29) is 17.8 Å². The Morgan fingerprint density at radius 2 is 2.17 bits per heavy atom. The average Bonchev–Trinajstić information content (AvgIpc) is 2.93. The van der Waals surface area contributed by atoms with Crippen LogP contribution in [0.1, 0.15) is 45.9 Å². The van der Waals surface area contributed by atoms with Crippen molar-refractivity contribution in [2.45, 2.75) is 57.1 Å². The lowest BCUT2D eigenvalue weighted by Crippen LogP contribution is -2.36. The highest BCUT2D eigenvalue weighted by molar-refractivity contribution is 7.99. The third-order valence-electron chi connectivity index (χ3n) is 4.27. The van der Waals surface area contributed by atoms with E-state index in [1.54, 1.807) is 11.8 Å². The zero-order chi connectivity index (χ0) is 16.8. The minimum absolute atomic E-state index is 0.0431. The van der Waals surface area contributed by atoms with Gasteiger partial charge in [-0.2, -0.15) is 11.8 Å². The molecule has 1 aliphatic rings. The molecule has 23 heavy (non-hydrogen) atoms. The Balaban J connectivity index is 1.82. The number of carbonyl (C=O) groups is 1. The van der Waals surface area contributed by atoms with E-state index in [1.165, 1.54) is 18.2 Å². The Morgan fingerprint density at radius 1 is 1.39 bits per heavy atom. The molecule has 1 aromatic heterocycles. The van der Waals surface area contributed by atoms with Crippen molar-refractivity contribution in [3.63, 3.8) is 0 Å². The van der Waals surface area contributed by atoms with E-state index in [0.717, 1.165) is 12.8 Å². The average molecular weight is 359 g/mol. The number of hydrogen-bond donors (Lipinski definition) is 0. The van der Waals surface area contributed by atoms with Crippen LogP contribution in [-0.2, 0) is 15.3 Å². The summed E-state index contributed by atoms with van der Waals surface area (Å²) in [5.41, 5.74) is 0. The first kappa shape index (κ1) is 18.6. The molecular formula is C16H26N2O3S2. The molecule has 1 aliphatic carbocycles. The number of nitrogens with zero attached hydrogens (tertiary/aromatic N) is 2. The van der Waals surface area contributed by atoms with Crippen molar-refractivity contribution in [2.24, 2.45) is 17.8 Å². The van der Waals surface area contributed by atoms with Crippen LogP contribution in [-0.4, -0.2) is 34.3 Å². The second kappa shape index (κ2) is 8.97. The fourth-order valence-electron chi connectivity index (χ4n) is 3.05. The summed E-state index contributed by atoms with van der Waals surface area (Å²) in [5.74, 6) is 2.94. The maximum Gasteiger partial charge on any atom is 0.316 e. The minimum Gasteiger partial charge on any atom is -0.461 e. The van der Waals surface area contributed by atoms with Gasteiger partial charge in [-0.3, -0.25) is 4.79 Å². The molecule has 1 saturated carbocycles. The highest BCUT2D eigenvalue weighted by Gasteiger charge is 2.33. The molecule has 1 heterocycles. The van der Waals surface area contributed by atoms with Crippen molar-refractivity contribution in [1.82, 2.24) is 10.2 Å². The lowest BCUT2D eigenvalue weighted by Gasteiger charge is -2.36. The Morgan fingerprint density at radius 3 is 2.87 bits per heavy atom. The smallest absolute Gasteiger partial charge is 0.316 e. The topological polar surface area (TPSA) is 65.2 Å². The van der Waals surface area contributed by atoms with Crippen molar-refractivity contribution in [3.8, 4) is 0 Å². The van der Waals surface area contributed by atoms with Crippen LogP contribution in [0.3, 0.4) is 0 Å². The van der Waals surface area contributed by atoms with E-state index in [1.807, 2.05) is 6.26 Å². The Hall–Kier alpha value is -0.690. The summed E-state index contributed by atoms with van der Waals surface area (Å²) < 4.78 is 11.2. The largest absolute Gasteiger partial charge is 0.461 e. The molecule has 0 unspecified atom stereocenters. The molecule has 1 fully saturated rings. The van der Waals surface area contributed by atoms with Gasteiger partial charge in [0.05, 0.1) is 5.75 Å². The van der Waals surface area contributed by atoms with E-state index >= 15 is 0 Å². The lowest BCUT2D eigenvalue weighted by atomic mass is 9.75. The van der Waals surface area contributed by atoms with Gasteiger partial charge in [0.15, 0.2) is 0 Å². The predicted octanol–water partition coefficient (Wildman–Crippen LogP) is 4.03.